The van der Waals surface area contributed by atoms with Crippen molar-refractivity contribution in [1.29, 1.82) is 0 Å². The van der Waals surface area contributed by atoms with Crippen LogP contribution in [0, 0.1) is 5.92 Å². The molecular formula is C13H16Cl2N2O. The van der Waals surface area contributed by atoms with Crippen molar-refractivity contribution in [2.75, 3.05) is 19.6 Å². The third-order valence-corrected chi connectivity index (χ3v) is 4.05. The summed E-state index contributed by atoms with van der Waals surface area (Å²) in [5.41, 5.74) is 6.26. The molecule has 1 aliphatic heterocycles. The van der Waals surface area contributed by atoms with Gasteiger partial charge in [-0.2, -0.15) is 0 Å². The van der Waals surface area contributed by atoms with Gasteiger partial charge in [0, 0.05) is 18.7 Å². The third-order valence-electron chi connectivity index (χ3n) is 3.31. The second-order valence-electron chi connectivity index (χ2n) is 4.62. The molecule has 0 unspecified atom stereocenters. The van der Waals surface area contributed by atoms with E-state index in [0.29, 0.717) is 28.1 Å². The van der Waals surface area contributed by atoms with E-state index in [2.05, 4.69) is 0 Å². The molecule has 1 atom stereocenters. The molecule has 1 aliphatic rings. The van der Waals surface area contributed by atoms with Crippen molar-refractivity contribution in [3.8, 4) is 0 Å². The first-order chi connectivity index (χ1) is 8.61. The van der Waals surface area contributed by atoms with Crippen LogP contribution in [0.1, 0.15) is 23.2 Å². The summed E-state index contributed by atoms with van der Waals surface area (Å²) in [5, 5.41) is 0.876. The van der Waals surface area contributed by atoms with Gasteiger partial charge in [-0.3, -0.25) is 4.79 Å². The highest BCUT2D eigenvalue weighted by Crippen LogP contribution is 2.24. The van der Waals surface area contributed by atoms with Gasteiger partial charge in [-0.25, -0.2) is 0 Å². The Morgan fingerprint density at radius 1 is 1.39 bits per heavy atom. The topological polar surface area (TPSA) is 46.3 Å². The Labute approximate surface area is 117 Å². The standard InChI is InChI=1S/C13H16Cl2N2O/c14-11-4-3-10(6-12(11)15)13(18)17-5-1-2-9(7-16)8-17/h3-4,6,9H,1-2,5,7-8,16H2/t9-/m0/s1. The summed E-state index contributed by atoms with van der Waals surface area (Å²) >= 11 is 11.8. The normalized spacial score (nSPS) is 19.9. The second-order valence-corrected chi connectivity index (χ2v) is 5.44. The summed E-state index contributed by atoms with van der Waals surface area (Å²) in [6, 6.07) is 4.99. The van der Waals surface area contributed by atoms with Crippen LogP contribution in [0.25, 0.3) is 0 Å². The fraction of sp³-hybridized carbons (Fsp3) is 0.462. The van der Waals surface area contributed by atoms with Gasteiger partial charge >= 0.3 is 0 Å². The van der Waals surface area contributed by atoms with E-state index in [4.69, 9.17) is 28.9 Å². The van der Waals surface area contributed by atoms with Crippen molar-refractivity contribution in [3.63, 3.8) is 0 Å². The number of rotatable bonds is 2. The average Bonchev–Trinajstić information content (AvgIpc) is 2.41. The highest BCUT2D eigenvalue weighted by atomic mass is 35.5. The Hall–Kier alpha value is -0.770. The van der Waals surface area contributed by atoms with Gasteiger partial charge in [0.05, 0.1) is 10.0 Å². The van der Waals surface area contributed by atoms with Gasteiger partial charge in [0.1, 0.15) is 0 Å². The van der Waals surface area contributed by atoms with Crippen molar-refractivity contribution in [3.05, 3.63) is 33.8 Å². The summed E-state index contributed by atoms with van der Waals surface area (Å²) in [7, 11) is 0. The Morgan fingerprint density at radius 2 is 2.17 bits per heavy atom. The lowest BCUT2D eigenvalue weighted by atomic mass is 9.97. The lowest BCUT2D eigenvalue weighted by Gasteiger charge is -2.32. The molecular weight excluding hydrogens is 271 g/mol. The fourth-order valence-corrected chi connectivity index (χ4v) is 2.55. The first kappa shape index (κ1) is 13.7. The largest absolute Gasteiger partial charge is 0.338 e. The van der Waals surface area contributed by atoms with Gasteiger partial charge in [-0.05, 0) is 43.5 Å². The molecule has 1 fully saturated rings. The van der Waals surface area contributed by atoms with Gasteiger partial charge in [0.15, 0.2) is 0 Å². The fourth-order valence-electron chi connectivity index (χ4n) is 2.25. The number of benzene rings is 1. The monoisotopic (exact) mass is 286 g/mol. The number of nitrogens with zero attached hydrogens (tertiary/aromatic N) is 1. The van der Waals surface area contributed by atoms with Gasteiger partial charge in [-0.1, -0.05) is 23.2 Å². The summed E-state index contributed by atoms with van der Waals surface area (Å²) in [6.07, 6.45) is 2.11. The molecule has 3 nitrogen and oxygen atoms in total. The Morgan fingerprint density at radius 3 is 2.83 bits per heavy atom. The van der Waals surface area contributed by atoms with Gasteiger partial charge in [0.25, 0.3) is 5.91 Å². The smallest absolute Gasteiger partial charge is 0.253 e. The van der Waals surface area contributed by atoms with E-state index in [0.717, 1.165) is 25.9 Å². The van der Waals surface area contributed by atoms with Gasteiger partial charge < -0.3 is 10.6 Å². The first-order valence-electron chi connectivity index (χ1n) is 6.06. The molecule has 1 saturated heterocycles. The number of halogens is 2. The molecule has 2 N–H and O–H groups in total. The summed E-state index contributed by atoms with van der Waals surface area (Å²) in [6.45, 7) is 2.15. The molecule has 0 aliphatic carbocycles. The van der Waals surface area contributed by atoms with Crippen LogP contribution < -0.4 is 5.73 Å². The molecule has 0 saturated carbocycles. The average molecular weight is 287 g/mol. The van der Waals surface area contributed by atoms with Crippen molar-refractivity contribution in [2.24, 2.45) is 11.7 Å². The van der Waals surface area contributed by atoms with Crippen molar-refractivity contribution in [1.82, 2.24) is 4.90 Å². The zero-order chi connectivity index (χ0) is 13.1. The third kappa shape index (κ3) is 2.97. The Balaban J connectivity index is 2.12. The number of carbonyl (C=O) groups is 1. The maximum atomic E-state index is 12.3. The quantitative estimate of drug-likeness (QED) is 0.909. The molecule has 0 bridgehead atoms. The first-order valence-corrected chi connectivity index (χ1v) is 6.82. The van der Waals surface area contributed by atoms with Gasteiger partial charge in [0.2, 0.25) is 0 Å². The molecule has 0 aromatic heterocycles. The number of piperidine rings is 1. The van der Waals surface area contributed by atoms with E-state index < -0.39 is 0 Å². The van der Waals surface area contributed by atoms with Crippen LogP contribution in [0.15, 0.2) is 18.2 Å². The van der Waals surface area contributed by atoms with Crippen LogP contribution in [0.5, 0.6) is 0 Å². The number of likely N-dealkylation sites (tertiary alicyclic amines) is 1. The lowest BCUT2D eigenvalue weighted by molar-refractivity contribution is 0.0678. The summed E-state index contributed by atoms with van der Waals surface area (Å²) in [4.78, 5) is 14.2. The lowest BCUT2D eigenvalue weighted by Crippen LogP contribution is -2.42. The predicted molar refractivity (Wildman–Crippen MR) is 74.1 cm³/mol. The van der Waals surface area contributed by atoms with E-state index in [-0.39, 0.29) is 5.91 Å². The van der Waals surface area contributed by atoms with E-state index >= 15 is 0 Å². The van der Waals surface area contributed by atoms with Crippen molar-refractivity contribution < 1.29 is 4.79 Å². The molecule has 0 spiro atoms. The van der Waals surface area contributed by atoms with Crippen LogP contribution in [0.4, 0.5) is 0 Å². The zero-order valence-electron chi connectivity index (χ0n) is 10.0. The van der Waals surface area contributed by atoms with Crippen LogP contribution in [0.2, 0.25) is 10.0 Å². The van der Waals surface area contributed by atoms with Gasteiger partial charge in [-0.15, -0.1) is 0 Å². The maximum Gasteiger partial charge on any atom is 0.253 e. The van der Waals surface area contributed by atoms with Crippen LogP contribution >= 0.6 is 23.2 Å². The number of hydrogen-bond donors (Lipinski definition) is 1. The van der Waals surface area contributed by atoms with E-state index in [1.54, 1.807) is 18.2 Å². The molecule has 0 radical (unpaired) electrons. The molecule has 5 heteroatoms. The van der Waals surface area contributed by atoms with Crippen LogP contribution in [-0.2, 0) is 0 Å². The minimum absolute atomic E-state index is 0.00622. The van der Waals surface area contributed by atoms with Crippen molar-refractivity contribution in [2.45, 2.75) is 12.8 Å². The number of nitrogens with two attached hydrogens (primary N) is 1. The molecule has 1 aromatic rings. The van der Waals surface area contributed by atoms with Crippen molar-refractivity contribution >= 4 is 29.1 Å². The molecule has 1 amide bonds. The second kappa shape index (κ2) is 5.91. The van der Waals surface area contributed by atoms with E-state index in [1.807, 2.05) is 4.90 Å². The number of amides is 1. The van der Waals surface area contributed by atoms with E-state index in [9.17, 15) is 4.79 Å². The molecule has 18 heavy (non-hydrogen) atoms. The number of hydrogen-bond acceptors (Lipinski definition) is 2. The SMILES string of the molecule is NC[C@@H]1CCCN(C(=O)c2ccc(Cl)c(Cl)c2)C1. The Bertz CT molecular complexity index is 451. The van der Waals surface area contributed by atoms with Crippen LogP contribution in [-0.4, -0.2) is 30.4 Å². The summed E-state index contributed by atoms with van der Waals surface area (Å²) in [5.74, 6) is 0.414. The molecule has 1 aromatic carbocycles. The minimum Gasteiger partial charge on any atom is -0.338 e. The molecule has 2 rings (SSSR count). The maximum absolute atomic E-state index is 12.3. The van der Waals surface area contributed by atoms with E-state index in [1.165, 1.54) is 0 Å². The van der Waals surface area contributed by atoms with Crippen LogP contribution in [0.3, 0.4) is 0 Å². The predicted octanol–water partition coefficient (Wildman–Crippen LogP) is 2.80. The minimum atomic E-state index is 0.00622. The Kier molecular flexibility index (Phi) is 4.49. The number of carbonyl (C=O) groups excluding carboxylic acids is 1. The molecule has 98 valence electrons. The highest BCUT2D eigenvalue weighted by molar-refractivity contribution is 6.42. The molecule has 1 heterocycles. The zero-order valence-corrected chi connectivity index (χ0v) is 11.5. The highest BCUT2D eigenvalue weighted by Gasteiger charge is 2.23. The summed E-state index contributed by atoms with van der Waals surface area (Å²) < 4.78 is 0.